The molecule has 0 spiro atoms. The van der Waals surface area contributed by atoms with Crippen molar-refractivity contribution in [3.8, 4) is 5.75 Å². The maximum atomic E-state index is 12.8. The Hall–Kier alpha value is -3.23. The number of nitrogens with one attached hydrogen (secondary N) is 2. The van der Waals surface area contributed by atoms with Crippen LogP contribution in [0.2, 0.25) is 0 Å². The molecule has 2 aromatic carbocycles. The summed E-state index contributed by atoms with van der Waals surface area (Å²) in [4.78, 5) is 38.2. The van der Waals surface area contributed by atoms with Gasteiger partial charge < -0.3 is 26.8 Å². The predicted molar refractivity (Wildman–Crippen MR) is 139 cm³/mol. The second-order valence-electron chi connectivity index (χ2n) is 9.35. The maximum Gasteiger partial charge on any atom is 0.245 e. The van der Waals surface area contributed by atoms with E-state index in [1.54, 1.807) is 36.4 Å². The predicted octanol–water partition coefficient (Wildman–Crippen LogP) is 2.75. The fourth-order valence-corrected chi connectivity index (χ4v) is 4.48. The number of carbonyl (C=O) groups is 3. The average Bonchev–Trinajstić information content (AvgIpc) is 2.93. The summed E-state index contributed by atoms with van der Waals surface area (Å²) in [6.07, 6.45) is 5.54. The second-order valence-corrected chi connectivity index (χ2v) is 9.35. The Morgan fingerprint density at radius 3 is 2.19 bits per heavy atom. The molecule has 194 valence electrons. The van der Waals surface area contributed by atoms with E-state index in [9.17, 15) is 14.4 Å². The third-order valence-electron chi connectivity index (χ3n) is 6.77. The van der Waals surface area contributed by atoms with E-state index in [2.05, 4.69) is 10.6 Å². The molecule has 1 aliphatic rings. The van der Waals surface area contributed by atoms with Crippen LogP contribution >= 0.6 is 0 Å². The minimum absolute atomic E-state index is 0.0460. The van der Waals surface area contributed by atoms with Crippen molar-refractivity contribution in [1.82, 2.24) is 10.6 Å². The van der Waals surface area contributed by atoms with Crippen molar-refractivity contribution >= 4 is 17.6 Å². The van der Waals surface area contributed by atoms with E-state index < -0.39 is 6.04 Å². The van der Waals surface area contributed by atoms with Crippen molar-refractivity contribution in [1.29, 1.82) is 0 Å². The Bertz CT molecular complexity index is 973. The Labute approximate surface area is 213 Å². The number of amides is 2. The van der Waals surface area contributed by atoms with Crippen molar-refractivity contribution in [2.75, 3.05) is 19.8 Å². The SMILES string of the molecule is NCCCC[C@H](NC(=O)C1CCC(CN)CC1)C(=O)NCOc1ccc(C(=O)c2ccccc2)cc1. The molecule has 1 saturated carbocycles. The highest BCUT2D eigenvalue weighted by Crippen LogP contribution is 2.28. The Morgan fingerprint density at radius 2 is 1.56 bits per heavy atom. The number of nitrogens with two attached hydrogens (primary N) is 2. The van der Waals surface area contributed by atoms with Gasteiger partial charge in [0.25, 0.3) is 0 Å². The fourth-order valence-electron chi connectivity index (χ4n) is 4.48. The average molecular weight is 495 g/mol. The number of benzene rings is 2. The first-order chi connectivity index (χ1) is 17.5. The van der Waals surface area contributed by atoms with E-state index in [4.69, 9.17) is 16.2 Å². The fraction of sp³-hybridized carbons (Fsp3) is 0.464. The molecule has 1 aliphatic carbocycles. The first kappa shape index (κ1) is 27.4. The van der Waals surface area contributed by atoms with E-state index in [0.717, 1.165) is 38.5 Å². The molecule has 0 aliphatic heterocycles. The van der Waals surface area contributed by atoms with E-state index in [1.807, 2.05) is 18.2 Å². The molecule has 3 rings (SSSR count). The molecule has 2 aromatic rings. The first-order valence-electron chi connectivity index (χ1n) is 12.8. The van der Waals surface area contributed by atoms with Crippen LogP contribution in [0.1, 0.15) is 60.9 Å². The molecule has 8 nitrogen and oxygen atoms in total. The number of ether oxygens (including phenoxy) is 1. The zero-order valence-electron chi connectivity index (χ0n) is 20.8. The number of hydrogen-bond acceptors (Lipinski definition) is 6. The molecule has 1 fully saturated rings. The van der Waals surface area contributed by atoms with Gasteiger partial charge in [0.2, 0.25) is 11.8 Å². The summed E-state index contributed by atoms with van der Waals surface area (Å²) in [7, 11) is 0. The van der Waals surface area contributed by atoms with Crippen molar-refractivity contribution in [3.63, 3.8) is 0 Å². The van der Waals surface area contributed by atoms with E-state index >= 15 is 0 Å². The van der Waals surface area contributed by atoms with Gasteiger partial charge in [-0.3, -0.25) is 14.4 Å². The highest BCUT2D eigenvalue weighted by molar-refractivity contribution is 6.09. The molecular weight excluding hydrogens is 456 g/mol. The monoisotopic (exact) mass is 494 g/mol. The summed E-state index contributed by atoms with van der Waals surface area (Å²) in [5.41, 5.74) is 12.5. The van der Waals surface area contributed by atoms with Gasteiger partial charge >= 0.3 is 0 Å². The number of carbonyl (C=O) groups excluding carboxylic acids is 3. The van der Waals surface area contributed by atoms with E-state index in [0.29, 0.717) is 42.3 Å². The minimum Gasteiger partial charge on any atom is -0.473 e. The van der Waals surface area contributed by atoms with E-state index in [-0.39, 0.29) is 30.2 Å². The lowest BCUT2D eigenvalue weighted by Crippen LogP contribution is -2.49. The van der Waals surface area contributed by atoms with Gasteiger partial charge in [-0.1, -0.05) is 30.3 Å². The maximum absolute atomic E-state index is 12.8. The normalized spacial score (nSPS) is 18.2. The first-order valence-corrected chi connectivity index (χ1v) is 12.8. The molecule has 6 N–H and O–H groups in total. The molecule has 0 bridgehead atoms. The van der Waals surface area contributed by atoms with Crippen LogP contribution in [0.4, 0.5) is 0 Å². The number of rotatable bonds is 13. The van der Waals surface area contributed by atoms with Crippen LogP contribution in [0.5, 0.6) is 5.75 Å². The van der Waals surface area contributed by atoms with Gasteiger partial charge in [-0.2, -0.15) is 0 Å². The Kier molecular flexibility index (Phi) is 10.9. The van der Waals surface area contributed by atoms with Crippen LogP contribution in [0.25, 0.3) is 0 Å². The van der Waals surface area contributed by atoms with Crippen LogP contribution in [0, 0.1) is 11.8 Å². The molecule has 2 amide bonds. The highest BCUT2D eigenvalue weighted by Gasteiger charge is 2.29. The van der Waals surface area contributed by atoms with E-state index in [1.165, 1.54) is 0 Å². The zero-order chi connectivity index (χ0) is 25.8. The van der Waals surface area contributed by atoms with Gasteiger partial charge in [-0.15, -0.1) is 0 Å². The van der Waals surface area contributed by atoms with Crippen molar-refractivity contribution in [2.45, 2.75) is 51.0 Å². The lowest BCUT2D eigenvalue weighted by Gasteiger charge is -2.28. The van der Waals surface area contributed by atoms with Crippen LogP contribution in [-0.2, 0) is 9.59 Å². The number of unbranched alkanes of at least 4 members (excludes halogenated alkanes) is 1. The van der Waals surface area contributed by atoms with Crippen molar-refractivity contribution in [3.05, 3.63) is 65.7 Å². The third-order valence-corrected chi connectivity index (χ3v) is 6.77. The van der Waals surface area contributed by atoms with Gasteiger partial charge in [0, 0.05) is 17.0 Å². The molecular formula is C28H38N4O4. The van der Waals surface area contributed by atoms with Gasteiger partial charge in [0.1, 0.15) is 11.8 Å². The summed E-state index contributed by atoms with van der Waals surface area (Å²) < 4.78 is 5.65. The summed E-state index contributed by atoms with van der Waals surface area (Å²) in [6, 6.07) is 15.2. The Morgan fingerprint density at radius 1 is 0.889 bits per heavy atom. The van der Waals surface area contributed by atoms with Crippen LogP contribution in [-0.4, -0.2) is 43.5 Å². The van der Waals surface area contributed by atoms with Gasteiger partial charge in [0.05, 0.1) is 0 Å². The summed E-state index contributed by atoms with van der Waals surface area (Å²) in [5, 5.41) is 5.70. The molecule has 0 radical (unpaired) electrons. The summed E-state index contributed by atoms with van der Waals surface area (Å²) >= 11 is 0. The standard InChI is InChI=1S/C28H38N4O4/c29-17-5-4-8-25(32-27(34)23-11-9-20(18-30)10-12-23)28(35)31-19-36-24-15-13-22(14-16-24)26(33)21-6-2-1-3-7-21/h1-3,6-7,13-16,20,23,25H,4-5,8-12,17-19,29-30H2,(H,31,35)(H,32,34)/t20?,23?,25-/m0/s1. The summed E-state index contributed by atoms with van der Waals surface area (Å²) in [6.45, 7) is 1.15. The smallest absolute Gasteiger partial charge is 0.245 e. The van der Waals surface area contributed by atoms with Crippen molar-refractivity contribution in [2.24, 2.45) is 23.3 Å². The highest BCUT2D eigenvalue weighted by atomic mass is 16.5. The second kappa shape index (κ2) is 14.4. The molecule has 1 atom stereocenters. The lowest BCUT2D eigenvalue weighted by atomic mass is 9.81. The molecule has 0 saturated heterocycles. The minimum atomic E-state index is -0.634. The quantitative estimate of drug-likeness (QED) is 0.192. The molecule has 0 aromatic heterocycles. The molecule has 0 unspecified atom stereocenters. The van der Waals surface area contributed by atoms with Crippen LogP contribution in [0.3, 0.4) is 0 Å². The van der Waals surface area contributed by atoms with Gasteiger partial charge in [0.15, 0.2) is 12.5 Å². The van der Waals surface area contributed by atoms with Crippen LogP contribution in [0.15, 0.2) is 54.6 Å². The van der Waals surface area contributed by atoms with Gasteiger partial charge in [-0.25, -0.2) is 0 Å². The van der Waals surface area contributed by atoms with Crippen molar-refractivity contribution < 1.29 is 19.1 Å². The lowest BCUT2D eigenvalue weighted by molar-refractivity contribution is -0.132. The molecule has 0 heterocycles. The molecule has 8 heteroatoms. The topological polar surface area (TPSA) is 137 Å². The zero-order valence-corrected chi connectivity index (χ0v) is 20.8. The number of hydrogen-bond donors (Lipinski definition) is 4. The largest absolute Gasteiger partial charge is 0.473 e. The third kappa shape index (κ3) is 8.17. The summed E-state index contributed by atoms with van der Waals surface area (Å²) in [5.74, 6) is 0.513. The Balaban J connectivity index is 1.49. The van der Waals surface area contributed by atoms with Crippen LogP contribution < -0.4 is 26.8 Å². The number of ketones is 1. The van der Waals surface area contributed by atoms with Gasteiger partial charge in [-0.05, 0) is 88.2 Å². The molecule has 36 heavy (non-hydrogen) atoms.